The van der Waals surface area contributed by atoms with Crippen molar-refractivity contribution in [1.29, 1.82) is 0 Å². The monoisotopic (exact) mass is 512 g/mol. The second kappa shape index (κ2) is 13.0. The lowest BCUT2D eigenvalue weighted by molar-refractivity contribution is 0.413. The van der Waals surface area contributed by atoms with Crippen molar-refractivity contribution in [2.24, 2.45) is 4.99 Å². The minimum Gasteiger partial charge on any atom is -0.357 e. The van der Waals surface area contributed by atoms with Gasteiger partial charge in [0.15, 0.2) is 5.96 Å². The van der Waals surface area contributed by atoms with Gasteiger partial charge in [0.05, 0.1) is 10.7 Å². The van der Waals surface area contributed by atoms with E-state index in [1.165, 1.54) is 5.01 Å². The predicted octanol–water partition coefficient (Wildman–Crippen LogP) is 3.50. The van der Waals surface area contributed by atoms with Crippen LogP contribution in [0.1, 0.15) is 57.2 Å². The van der Waals surface area contributed by atoms with Crippen LogP contribution in [0.25, 0.3) is 0 Å². The normalized spacial score (nSPS) is 21.7. The summed E-state index contributed by atoms with van der Waals surface area (Å²) in [6.45, 7) is 7.82. The Balaban J connectivity index is 0.00000338. The van der Waals surface area contributed by atoms with E-state index in [1.54, 1.807) is 11.3 Å². The second-order valence-electron chi connectivity index (χ2n) is 6.40. The first-order valence-electron chi connectivity index (χ1n) is 9.51. The first kappa shape index (κ1) is 23.8. The summed E-state index contributed by atoms with van der Waals surface area (Å²) in [5, 5.41) is 10.6. The molecule has 8 heteroatoms. The molecule has 1 aromatic rings. The van der Waals surface area contributed by atoms with Crippen molar-refractivity contribution in [3.8, 4) is 0 Å². The largest absolute Gasteiger partial charge is 0.357 e. The molecule has 0 amide bonds. The summed E-state index contributed by atoms with van der Waals surface area (Å²) in [7, 11) is -0.689. The first-order chi connectivity index (χ1) is 12.2. The van der Waals surface area contributed by atoms with Gasteiger partial charge in [0.1, 0.15) is 0 Å². The Labute approximate surface area is 181 Å². The van der Waals surface area contributed by atoms with Crippen LogP contribution < -0.4 is 10.6 Å². The lowest BCUT2D eigenvalue weighted by Gasteiger charge is -2.30. The molecule has 1 aliphatic rings. The highest BCUT2D eigenvalue weighted by molar-refractivity contribution is 14.0. The van der Waals surface area contributed by atoms with E-state index in [-0.39, 0.29) is 24.0 Å². The van der Waals surface area contributed by atoms with Crippen molar-refractivity contribution >= 4 is 52.1 Å². The zero-order valence-corrected chi connectivity index (χ0v) is 20.1. The number of nitrogens with zero attached hydrogens (tertiary/aromatic N) is 2. The van der Waals surface area contributed by atoms with Crippen LogP contribution in [0.3, 0.4) is 0 Å². The summed E-state index contributed by atoms with van der Waals surface area (Å²) in [5.74, 6) is 1.64. The molecule has 150 valence electrons. The molecule has 3 unspecified atom stereocenters. The third kappa shape index (κ3) is 7.80. The van der Waals surface area contributed by atoms with Gasteiger partial charge in [0.2, 0.25) is 0 Å². The topological polar surface area (TPSA) is 66.4 Å². The highest BCUT2D eigenvalue weighted by Crippen LogP contribution is 2.23. The molecule has 0 bridgehead atoms. The summed E-state index contributed by atoms with van der Waals surface area (Å²) >= 11 is 1.73. The fraction of sp³-hybridized carbons (Fsp3) is 0.778. The molecule has 0 spiro atoms. The number of aliphatic imine (C=N–C) groups is 1. The van der Waals surface area contributed by atoms with E-state index in [2.05, 4.69) is 34.8 Å². The van der Waals surface area contributed by atoms with E-state index >= 15 is 0 Å². The van der Waals surface area contributed by atoms with Gasteiger partial charge in [-0.1, -0.05) is 20.3 Å². The highest BCUT2D eigenvalue weighted by Gasteiger charge is 2.25. The van der Waals surface area contributed by atoms with Gasteiger partial charge in [-0.2, -0.15) is 0 Å². The van der Waals surface area contributed by atoms with Gasteiger partial charge in [-0.3, -0.25) is 9.20 Å². The van der Waals surface area contributed by atoms with Crippen molar-refractivity contribution in [2.45, 2.75) is 70.6 Å². The zero-order chi connectivity index (χ0) is 18.1. The summed E-state index contributed by atoms with van der Waals surface area (Å²) in [5.41, 5.74) is 1.14. The molecule has 1 saturated carbocycles. The number of halogens is 1. The molecule has 0 aliphatic heterocycles. The lowest BCUT2D eigenvalue weighted by atomic mass is 9.95. The van der Waals surface area contributed by atoms with Crippen LogP contribution >= 0.6 is 35.3 Å². The summed E-state index contributed by atoms with van der Waals surface area (Å²) in [6, 6.07) is 0.373. The van der Waals surface area contributed by atoms with Crippen LogP contribution in [0.5, 0.6) is 0 Å². The Morgan fingerprint density at radius 1 is 1.38 bits per heavy atom. The number of rotatable bonds is 8. The molecule has 1 aliphatic carbocycles. The molecule has 0 radical (unpaired) electrons. The number of hydrogen-bond acceptors (Lipinski definition) is 4. The molecule has 5 nitrogen and oxygen atoms in total. The number of aryl methyl sites for hydroxylation is 1. The number of hydrogen-bond donors (Lipinski definition) is 2. The van der Waals surface area contributed by atoms with Crippen molar-refractivity contribution in [3.05, 3.63) is 16.1 Å². The number of aromatic nitrogens is 1. The Morgan fingerprint density at radius 3 is 2.85 bits per heavy atom. The van der Waals surface area contributed by atoms with E-state index < -0.39 is 10.8 Å². The maximum absolute atomic E-state index is 12.1. The molecule has 3 atom stereocenters. The number of thiazole rings is 1. The van der Waals surface area contributed by atoms with Crippen LogP contribution in [0.4, 0.5) is 0 Å². The smallest absolute Gasteiger partial charge is 0.191 e. The number of nitrogens with one attached hydrogen (secondary N) is 2. The van der Waals surface area contributed by atoms with Gasteiger partial charge in [-0.05, 0) is 32.6 Å². The molecule has 1 aromatic heterocycles. The minimum atomic E-state index is -0.689. The quantitative estimate of drug-likeness (QED) is 0.318. The minimum absolute atomic E-state index is 0. The van der Waals surface area contributed by atoms with Crippen LogP contribution in [-0.4, -0.2) is 45.3 Å². The van der Waals surface area contributed by atoms with E-state index in [9.17, 15) is 4.21 Å². The summed E-state index contributed by atoms with van der Waals surface area (Å²) in [4.78, 5) is 9.31. The van der Waals surface area contributed by atoms with Crippen LogP contribution in [-0.2, 0) is 23.6 Å². The third-order valence-corrected chi connectivity index (χ3v) is 7.29. The number of guanidine groups is 1. The fourth-order valence-corrected chi connectivity index (χ4v) is 5.30. The molecule has 1 fully saturated rings. The van der Waals surface area contributed by atoms with Crippen molar-refractivity contribution in [2.75, 3.05) is 18.8 Å². The Hall–Kier alpha value is -0.220. The molecule has 26 heavy (non-hydrogen) atoms. The van der Waals surface area contributed by atoms with E-state index in [0.717, 1.165) is 69.0 Å². The molecular formula is C18H33IN4OS2. The summed E-state index contributed by atoms with van der Waals surface area (Å²) < 4.78 is 12.1. The van der Waals surface area contributed by atoms with Gasteiger partial charge in [-0.15, -0.1) is 35.3 Å². The third-order valence-electron chi connectivity index (χ3n) is 4.51. The molecule has 2 N–H and O–H groups in total. The first-order valence-corrected chi connectivity index (χ1v) is 11.8. The van der Waals surface area contributed by atoms with Crippen molar-refractivity contribution in [3.63, 3.8) is 0 Å². The summed E-state index contributed by atoms with van der Waals surface area (Å²) in [6.07, 6.45) is 6.23. The standard InChI is InChI=1S/C18H32N4OS2.HI/c1-4-17-21-15(13-24-17)10-11-20-18(19-5-2)22-14-8-7-9-16(12-14)25(23)6-3;/h13-14,16H,4-12H2,1-3H3,(H2,19,20,22);1H. The second-order valence-corrected chi connectivity index (χ2v) is 9.34. The average molecular weight is 513 g/mol. The van der Waals surface area contributed by atoms with Crippen LogP contribution in [0, 0.1) is 0 Å². The van der Waals surface area contributed by atoms with Gasteiger partial charge >= 0.3 is 0 Å². The highest BCUT2D eigenvalue weighted by atomic mass is 127. The van der Waals surface area contributed by atoms with E-state index in [0.29, 0.717) is 11.3 Å². The van der Waals surface area contributed by atoms with Crippen molar-refractivity contribution < 1.29 is 4.21 Å². The Bertz CT molecular complexity index is 579. The van der Waals surface area contributed by atoms with Crippen LogP contribution in [0.2, 0.25) is 0 Å². The molecular weight excluding hydrogens is 479 g/mol. The van der Waals surface area contributed by atoms with E-state index in [1.807, 2.05) is 6.92 Å². The van der Waals surface area contributed by atoms with Gasteiger partial charge in [-0.25, -0.2) is 4.98 Å². The Morgan fingerprint density at radius 2 is 2.19 bits per heavy atom. The van der Waals surface area contributed by atoms with Gasteiger partial charge < -0.3 is 10.6 Å². The molecule has 0 saturated heterocycles. The fourth-order valence-electron chi connectivity index (χ4n) is 3.17. The maximum Gasteiger partial charge on any atom is 0.191 e. The Kier molecular flexibility index (Phi) is 11.9. The van der Waals surface area contributed by atoms with Gasteiger partial charge in [0, 0.05) is 52.7 Å². The SMILES string of the molecule is CCNC(=NCCc1csc(CC)n1)NC1CCCC(S(=O)CC)C1.I. The molecule has 0 aromatic carbocycles. The molecule has 1 heterocycles. The van der Waals surface area contributed by atoms with Crippen molar-refractivity contribution in [1.82, 2.24) is 15.6 Å². The van der Waals surface area contributed by atoms with Gasteiger partial charge in [0.25, 0.3) is 0 Å². The predicted molar refractivity (Wildman–Crippen MR) is 124 cm³/mol. The van der Waals surface area contributed by atoms with Crippen LogP contribution in [0.15, 0.2) is 10.4 Å². The van der Waals surface area contributed by atoms with E-state index in [4.69, 9.17) is 4.99 Å². The average Bonchev–Trinajstić information content (AvgIpc) is 3.09. The molecule has 2 rings (SSSR count). The zero-order valence-electron chi connectivity index (χ0n) is 16.1. The lowest BCUT2D eigenvalue weighted by Crippen LogP contribution is -2.46. The maximum atomic E-state index is 12.1.